The van der Waals surface area contributed by atoms with E-state index in [4.69, 9.17) is 23.2 Å². The van der Waals surface area contributed by atoms with E-state index >= 15 is 0 Å². The molecule has 0 radical (unpaired) electrons. The number of benzene rings is 1. The smallest absolute Gasteiger partial charge is 0.230 e. The second kappa shape index (κ2) is 4.50. The lowest BCUT2D eigenvalue weighted by atomic mass is 10.2. The fourth-order valence-electron chi connectivity index (χ4n) is 2.43. The number of hydrogen-bond donors (Lipinski definition) is 1. The topological polar surface area (TPSA) is 46.5 Å². The van der Waals surface area contributed by atoms with Crippen molar-refractivity contribution in [1.29, 1.82) is 0 Å². The third-order valence-corrected chi connectivity index (χ3v) is 4.28. The van der Waals surface area contributed by atoms with Gasteiger partial charge in [0.1, 0.15) is 5.15 Å². The molecule has 1 aliphatic rings. The minimum atomic E-state index is 0.380. The van der Waals surface area contributed by atoms with Crippen molar-refractivity contribution in [1.82, 2.24) is 19.7 Å². The van der Waals surface area contributed by atoms with Gasteiger partial charge in [0.2, 0.25) is 5.95 Å². The van der Waals surface area contributed by atoms with Crippen molar-refractivity contribution in [3.8, 4) is 5.95 Å². The number of imidazole rings is 1. The van der Waals surface area contributed by atoms with E-state index in [1.54, 1.807) is 4.68 Å². The van der Waals surface area contributed by atoms with Crippen LogP contribution in [0.15, 0.2) is 24.3 Å². The molecular formula is C14H12Cl2N4. The van der Waals surface area contributed by atoms with E-state index in [0.717, 1.165) is 35.1 Å². The molecule has 1 aliphatic carbocycles. The third kappa shape index (κ3) is 1.83. The first kappa shape index (κ1) is 12.2. The first-order valence-corrected chi connectivity index (χ1v) is 7.47. The number of alkyl halides is 1. The number of aromatic amines is 1. The Kier molecular flexibility index (Phi) is 2.75. The SMILES string of the molecule is ClCc1c(C2CC2)nn(-c2nc3ccccc3[nH]2)c1Cl. The summed E-state index contributed by atoms with van der Waals surface area (Å²) in [6.45, 7) is 0. The van der Waals surface area contributed by atoms with Gasteiger partial charge in [-0.1, -0.05) is 23.7 Å². The maximum atomic E-state index is 6.42. The van der Waals surface area contributed by atoms with Crippen LogP contribution in [-0.2, 0) is 5.88 Å². The number of aromatic nitrogens is 4. The Morgan fingerprint density at radius 2 is 2.10 bits per heavy atom. The highest BCUT2D eigenvalue weighted by Crippen LogP contribution is 2.43. The highest BCUT2D eigenvalue weighted by Gasteiger charge is 2.31. The summed E-state index contributed by atoms with van der Waals surface area (Å²) in [5.74, 6) is 1.52. The van der Waals surface area contributed by atoms with E-state index < -0.39 is 0 Å². The molecule has 0 spiro atoms. The van der Waals surface area contributed by atoms with Crippen LogP contribution in [0.1, 0.15) is 30.0 Å². The molecule has 1 fully saturated rings. The summed E-state index contributed by atoms with van der Waals surface area (Å²) >= 11 is 12.4. The van der Waals surface area contributed by atoms with Gasteiger partial charge in [-0.2, -0.15) is 9.78 Å². The molecule has 0 atom stereocenters. The summed E-state index contributed by atoms with van der Waals surface area (Å²) in [5.41, 5.74) is 3.81. The predicted molar refractivity (Wildman–Crippen MR) is 79.8 cm³/mol. The van der Waals surface area contributed by atoms with Crippen LogP contribution in [0, 0.1) is 0 Å². The average molecular weight is 307 g/mol. The maximum absolute atomic E-state index is 6.42. The first-order chi connectivity index (χ1) is 9.78. The van der Waals surface area contributed by atoms with Gasteiger partial charge < -0.3 is 4.98 Å². The quantitative estimate of drug-likeness (QED) is 0.743. The van der Waals surface area contributed by atoms with Gasteiger partial charge in [-0.15, -0.1) is 11.6 Å². The zero-order valence-electron chi connectivity index (χ0n) is 10.6. The minimum absolute atomic E-state index is 0.380. The number of rotatable bonds is 3. The van der Waals surface area contributed by atoms with E-state index in [1.165, 1.54) is 0 Å². The van der Waals surface area contributed by atoms with Crippen molar-refractivity contribution < 1.29 is 0 Å². The van der Waals surface area contributed by atoms with Crippen molar-refractivity contribution >= 4 is 34.2 Å². The fourth-order valence-corrected chi connectivity index (χ4v) is 3.05. The van der Waals surface area contributed by atoms with Crippen LogP contribution in [0.4, 0.5) is 0 Å². The summed E-state index contributed by atoms with van der Waals surface area (Å²) < 4.78 is 1.66. The number of H-pyrrole nitrogens is 1. The fraction of sp³-hybridized carbons (Fsp3) is 0.286. The molecule has 0 saturated heterocycles. The Bertz CT molecular complexity index is 753. The molecule has 1 saturated carbocycles. The molecular weight excluding hydrogens is 295 g/mol. The molecule has 2 heterocycles. The summed E-state index contributed by atoms with van der Waals surface area (Å²) in [7, 11) is 0. The van der Waals surface area contributed by atoms with Crippen LogP contribution >= 0.6 is 23.2 Å². The predicted octanol–water partition coefficient (Wildman–Crippen LogP) is 4.02. The van der Waals surface area contributed by atoms with Crippen molar-refractivity contribution in [3.05, 3.63) is 40.7 Å². The standard InChI is InChI=1S/C14H12Cl2N4/c15-7-9-12(8-5-6-8)19-20(13(9)16)14-17-10-3-1-2-4-11(10)18-14/h1-4,8H,5-7H2,(H,17,18). The molecule has 0 unspecified atom stereocenters. The van der Waals surface area contributed by atoms with Crippen LogP contribution < -0.4 is 0 Å². The minimum Gasteiger partial charge on any atom is -0.322 e. The highest BCUT2D eigenvalue weighted by molar-refractivity contribution is 6.31. The van der Waals surface area contributed by atoms with Crippen LogP contribution in [-0.4, -0.2) is 19.7 Å². The number of fused-ring (bicyclic) bond motifs is 1. The molecule has 1 aromatic carbocycles. The van der Waals surface area contributed by atoms with E-state index in [0.29, 0.717) is 22.9 Å². The second-order valence-electron chi connectivity index (χ2n) is 5.05. The van der Waals surface area contributed by atoms with Crippen molar-refractivity contribution in [3.63, 3.8) is 0 Å². The molecule has 1 N–H and O–H groups in total. The maximum Gasteiger partial charge on any atom is 0.230 e. The van der Waals surface area contributed by atoms with E-state index in [9.17, 15) is 0 Å². The molecule has 0 amide bonds. The van der Waals surface area contributed by atoms with Gasteiger partial charge in [-0.25, -0.2) is 4.98 Å². The molecule has 6 heteroatoms. The Balaban J connectivity index is 1.88. The molecule has 0 aliphatic heterocycles. The zero-order chi connectivity index (χ0) is 13.7. The van der Waals surface area contributed by atoms with Gasteiger partial charge in [0.25, 0.3) is 0 Å². The van der Waals surface area contributed by atoms with E-state index in [-0.39, 0.29) is 0 Å². The van der Waals surface area contributed by atoms with Gasteiger partial charge in [-0.05, 0) is 25.0 Å². The molecule has 0 bridgehead atoms. The number of hydrogen-bond acceptors (Lipinski definition) is 2. The lowest BCUT2D eigenvalue weighted by Gasteiger charge is -1.97. The number of para-hydroxylation sites is 2. The largest absolute Gasteiger partial charge is 0.322 e. The molecule has 4 nitrogen and oxygen atoms in total. The zero-order valence-corrected chi connectivity index (χ0v) is 12.1. The van der Waals surface area contributed by atoms with Gasteiger partial charge in [-0.3, -0.25) is 0 Å². The normalized spacial score (nSPS) is 15.1. The summed E-state index contributed by atoms with van der Waals surface area (Å²) in [6.07, 6.45) is 2.33. The molecule has 102 valence electrons. The van der Waals surface area contributed by atoms with Crippen molar-refractivity contribution in [2.45, 2.75) is 24.6 Å². The van der Waals surface area contributed by atoms with Gasteiger partial charge in [0.05, 0.1) is 22.6 Å². The van der Waals surface area contributed by atoms with Crippen LogP contribution in [0.2, 0.25) is 5.15 Å². The summed E-state index contributed by atoms with van der Waals surface area (Å²) in [6, 6.07) is 7.86. The Morgan fingerprint density at radius 1 is 1.30 bits per heavy atom. The Hall–Kier alpha value is -1.52. The number of halogens is 2. The molecule has 2 aromatic heterocycles. The van der Waals surface area contributed by atoms with Crippen LogP contribution in [0.25, 0.3) is 17.0 Å². The molecule has 20 heavy (non-hydrogen) atoms. The Labute approximate surface area is 125 Å². The van der Waals surface area contributed by atoms with Crippen LogP contribution in [0.5, 0.6) is 0 Å². The lowest BCUT2D eigenvalue weighted by molar-refractivity contribution is 0.799. The van der Waals surface area contributed by atoms with Crippen LogP contribution in [0.3, 0.4) is 0 Å². The number of nitrogens with one attached hydrogen (secondary N) is 1. The van der Waals surface area contributed by atoms with Gasteiger partial charge in [0.15, 0.2) is 0 Å². The highest BCUT2D eigenvalue weighted by atomic mass is 35.5. The Morgan fingerprint density at radius 3 is 2.80 bits per heavy atom. The number of nitrogens with zero attached hydrogens (tertiary/aromatic N) is 3. The van der Waals surface area contributed by atoms with Gasteiger partial charge >= 0.3 is 0 Å². The van der Waals surface area contributed by atoms with Gasteiger partial charge in [0, 0.05) is 11.5 Å². The van der Waals surface area contributed by atoms with E-state index in [1.807, 2.05) is 24.3 Å². The monoisotopic (exact) mass is 306 g/mol. The van der Waals surface area contributed by atoms with Crippen molar-refractivity contribution in [2.75, 3.05) is 0 Å². The summed E-state index contributed by atoms with van der Waals surface area (Å²) in [5, 5.41) is 5.17. The third-order valence-electron chi connectivity index (χ3n) is 3.63. The first-order valence-electron chi connectivity index (χ1n) is 6.56. The summed E-state index contributed by atoms with van der Waals surface area (Å²) in [4.78, 5) is 7.77. The molecule has 4 rings (SSSR count). The lowest BCUT2D eigenvalue weighted by Crippen LogP contribution is -1.99. The molecule has 3 aromatic rings. The van der Waals surface area contributed by atoms with Crippen molar-refractivity contribution in [2.24, 2.45) is 0 Å². The average Bonchev–Trinajstić information content (AvgIpc) is 3.12. The second-order valence-corrected chi connectivity index (χ2v) is 5.68. The van der Waals surface area contributed by atoms with E-state index in [2.05, 4.69) is 15.1 Å².